The predicted molar refractivity (Wildman–Crippen MR) is 91.9 cm³/mol. The van der Waals surface area contributed by atoms with E-state index in [1.54, 1.807) is 48.5 Å². The monoisotopic (exact) mass is 326 g/mol. The Labute approximate surface area is 142 Å². The number of hydrogen-bond donors (Lipinski definition) is 0. The molecule has 24 heavy (non-hydrogen) atoms. The summed E-state index contributed by atoms with van der Waals surface area (Å²) in [5.74, 6) is -0.684. The lowest BCUT2D eigenvalue weighted by Crippen LogP contribution is -2.28. The van der Waals surface area contributed by atoms with Crippen LogP contribution in [0.2, 0.25) is 0 Å². The summed E-state index contributed by atoms with van der Waals surface area (Å²) in [7, 11) is 0. The Kier molecular flexibility index (Phi) is 6.13. The van der Waals surface area contributed by atoms with Crippen LogP contribution < -0.4 is 0 Å². The lowest BCUT2D eigenvalue weighted by Gasteiger charge is -2.25. The summed E-state index contributed by atoms with van der Waals surface area (Å²) in [6.45, 7) is 4.00. The van der Waals surface area contributed by atoms with Gasteiger partial charge in [-0.05, 0) is 51.0 Å². The van der Waals surface area contributed by atoms with Crippen LogP contribution in [0.15, 0.2) is 60.7 Å². The Morgan fingerprint density at radius 3 is 1.88 bits per heavy atom. The molecule has 2 aromatic rings. The molecule has 4 heteroatoms. The van der Waals surface area contributed by atoms with E-state index >= 15 is 0 Å². The van der Waals surface area contributed by atoms with E-state index in [1.165, 1.54) is 0 Å². The highest BCUT2D eigenvalue weighted by Gasteiger charge is 2.23. The molecule has 0 fully saturated rings. The van der Waals surface area contributed by atoms with Crippen LogP contribution >= 0.6 is 0 Å². The number of carbonyl (C=O) groups is 2. The topological polar surface area (TPSA) is 52.6 Å². The van der Waals surface area contributed by atoms with Crippen LogP contribution in [0.3, 0.4) is 0 Å². The van der Waals surface area contributed by atoms with Gasteiger partial charge in [0.15, 0.2) is 0 Å². The molecule has 0 N–H and O–H groups in total. The molecule has 2 rings (SSSR count). The molecule has 0 aromatic heterocycles. The summed E-state index contributed by atoms with van der Waals surface area (Å²) >= 11 is 0. The molecule has 0 aliphatic heterocycles. The summed E-state index contributed by atoms with van der Waals surface area (Å²) in [5.41, 5.74) is 0.444. The molecule has 0 bridgehead atoms. The van der Waals surface area contributed by atoms with Crippen molar-refractivity contribution in [2.45, 2.75) is 32.3 Å². The van der Waals surface area contributed by atoms with Crippen molar-refractivity contribution in [2.75, 3.05) is 6.61 Å². The number of benzene rings is 2. The minimum absolute atomic E-state index is 0.292. The van der Waals surface area contributed by atoms with Crippen LogP contribution in [0.4, 0.5) is 0 Å². The molecule has 0 saturated heterocycles. The maximum Gasteiger partial charge on any atom is 0.338 e. The molecule has 126 valence electrons. The zero-order valence-electron chi connectivity index (χ0n) is 14.0. The second-order valence-electron chi connectivity index (χ2n) is 6.12. The smallest absolute Gasteiger partial charge is 0.338 e. The van der Waals surface area contributed by atoms with Crippen molar-refractivity contribution in [2.24, 2.45) is 0 Å². The fourth-order valence-corrected chi connectivity index (χ4v) is 2.26. The summed E-state index contributed by atoms with van der Waals surface area (Å²) < 4.78 is 10.8. The molecule has 0 radical (unpaired) electrons. The molecule has 2 aromatic carbocycles. The fourth-order valence-electron chi connectivity index (χ4n) is 2.26. The highest BCUT2D eigenvalue weighted by atomic mass is 16.6. The van der Waals surface area contributed by atoms with Crippen LogP contribution in [0.5, 0.6) is 0 Å². The minimum atomic E-state index is -0.619. The van der Waals surface area contributed by atoms with Gasteiger partial charge in [0.05, 0.1) is 17.7 Å². The van der Waals surface area contributed by atoms with E-state index in [0.29, 0.717) is 30.6 Å². The number of hydrogen-bond acceptors (Lipinski definition) is 4. The molecule has 0 aliphatic carbocycles. The van der Waals surface area contributed by atoms with Crippen molar-refractivity contribution in [1.29, 1.82) is 0 Å². The largest absolute Gasteiger partial charge is 0.462 e. The first-order valence-electron chi connectivity index (χ1n) is 7.98. The summed E-state index contributed by atoms with van der Waals surface area (Å²) in [6.07, 6.45) is 1.22. The molecular formula is C20H22O4. The highest BCUT2D eigenvalue weighted by molar-refractivity contribution is 5.89. The van der Waals surface area contributed by atoms with Gasteiger partial charge < -0.3 is 9.47 Å². The molecule has 0 atom stereocenters. The second kappa shape index (κ2) is 8.29. The van der Waals surface area contributed by atoms with E-state index in [0.717, 1.165) is 0 Å². The summed E-state index contributed by atoms with van der Waals surface area (Å²) in [4.78, 5) is 23.9. The van der Waals surface area contributed by atoms with E-state index in [2.05, 4.69) is 0 Å². The van der Waals surface area contributed by atoms with E-state index in [4.69, 9.17) is 9.47 Å². The standard InChI is InChI=1S/C20H22O4/c1-20(2,24-19(22)17-12-7-4-8-13-17)14-9-15-23-18(21)16-10-5-3-6-11-16/h3-8,10-13H,9,14-15H2,1-2H3. The quantitative estimate of drug-likeness (QED) is 0.563. The van der Waals surface area contributed by atoms with E-state index in [-0.39, 0.29) is 11.9 Å². The van der Waals surface area contributed by atoms with Gasteiger partial charge in [-0.15, -0.1) is 0 Å². The van der Waals surface area contributed by atoms with Gasteiger partial charge >= 0.3 is 11.9 Å². The third-order valence-electron chi connectivity index (χ3n) is 3.54. The maximum atomic E-state index is 12.1. The van der Waals surface area contributed by atoms with Crippen molar-refractivity contribution in [3.63, 3.8) is 0 Å². The van der Waals surface area contributed by atoms with Gasteiger partial charge in [-0.3, -0.25) is 0 Å². The van der Waals surface area contributed by atoms with Crippen molar-refractivity contribution in [1.82, 2.24) is 0 Å². The number of esters is 2. The number of rotatable bonds is 7. The van der Waals surface area contributed by atoms with Gasteiger partial charge in [-0.2, -0.15) is 0 Å². The molecule has 0 amide bonds. The minimum Gasteiger partial charge on any atom is -0.462 e. The lowest BCUT2D eigenvalue weighted by atomic mass is 10.0. The predicted octanol–water partition coefficient (Wildman–Crippen LogP) is 4.26. The van der Waals surface area contributed by atoms with Crippen molar-refractivity contribution >= 4 is 11.9 Å². The van der Waals surface area contributed by atoms with Crippen LogP contribution in [0.25, 0.3) is 0 Å². The van der Waals surface area contributed by atoms with Crippen LogP contribution in [-0.4, -0.2) is 24.1 Å². The number of ether oxygens (including phenoxy) is 2. The zero-order valence-corrected chi connectivity index (χ0v) is 14.0. The number of carbonyl (C=O) groups excluding carboxylic acids is 2. The van der Waals surface area contributed by atoms with Gasteiger partial charge in [0.1, 0.15) is 5.60 Å². The normalized spacial score (nSPS) is 10.9. The van der Waals surface area contributed by atoms with E-state index in [9.17, 15) is 9.59 Å². The second-order valence-corrected chi connectivity index (χ2v) is 6.12. The van der Waals surface area contributed by atoms with Gasteiger partial charge in [-0.25, -0.2) is 9.59 Å². The Hall–Kier alpha value is -2.62. The summed E-state index contributed by atoms with van der Waals surface area (Å²) in [5, 5.41) is 0. The zero-order chi connectivity index (χ0) is 17.4. The molecule has 0 aliphatic rings. The molecule has 0 saturated carbocycles. The van der Waals surface area contributed by atoms with Crippen molar-refractivity contribution in [3.8, 4) is 0 Å². The molecule has 0 unspecified atom stereocenters. The highest BCUT2D eigenvalue weighted by Crippen LogP contribution is 2.19. The fraction of sp³-hybridized carbons (Fsp3) is 0.300. The van der Waals surface area contributed by atoms with E-state index in [1.807, 2.05) is 26.0 Å². The van der Waals surface area contributed by atoms with Gasteiger partial charge in [0.25, 0.3) is 0 Å². The van der Waals surface area contributed by atoms with Crippen LogP contribution in [-0.2, 0) is 9.47 Å². The Morgan fingerprint density at radius 2 is 1.33 bits per heavy atom. The first-order chi connectivity index (χ1) is 11.5. The van der Waals surface area contributed by atoms with Crippen LogP contribution in [0.1, 0.15) is 47.4 Å². The Balaban J connectivity index is 1.74. The Morgan fingerprint density at radius 1 is 0.833 bits per heavy atom. The van der Waals surface area contributed by atoms with Crippen molar-refractivity contribution < 1.29 is 19.1 Å². The molecule has 4 nitrogen and oxygen atoms in total. The van der Waals surface area contributed by atoms with Gasteiger partial charge in [0, 0.05) is 0 Å². The first kappa shape index (κ1) is 17.7. The van der Waals surface area contributed by atoms with Crippen molar-refractivity contribution in [3.05, 3.63) is 71.8 Å². The van der Waals surface area contributed by atoms with Crippen LogP contribution in [0, 0.1) is 0 Å². The SMILES string of the molecule is CC(C)(CCCOC(=O)c1ccccc1)OC(=O)c1ccccc1. The first-order valence-corrected chi connectivity index (χ1v) is 7.98. The van der Waals surface area contributed by atoms with Gasteiger partial charge in [0.2, 0.25) is 0 Å². The third kappa shape index (κ3) is 5.54. The average molecular weight is 326 g/mol. The summed E-state index contributed by atoms with van der Waals surface area (Å²) in [6, 6.07) is 17.8. The van der Waals surface area contributed by atoms with Gasteiger partial charge in [-0.1, -0.05) is 36.4 Å². The Bertz CT molecular complexity index is 663. The molecule has 0 spiro atoms. The molecule has 0 heterocycles. The third-order valence-corrected chi connectivity index (χ3v) is 3.54. The molecular weight excluding hydrogens is 304 g/mol. The average Bonchev–Trinajstić information content (AvgIpc) is 2.59. The van der Waals surface area contributed by atoms with E-state index < -0.39 is 5.60 Å². The maximum absolute atomic E-state index is 12.1. The lowest BCUT2D eigenvalue weighted by molar-refractivity contribution is -0.00844.